The van der Waals surface area contributed by atoms with Crippen molar-refractivity contribution in [1.29, 1.82) is 0 Å². The SMILES string of the molecule is COc1cc2onc(Cl)c2cc1OC. The van der Waals surface area contributed by atoms with Crippen molar-refractivity contribution in [2.45, 2.75) is 0 Å². The summed E-state index contributed by atoms with van der Waals surface area (Å²) in [5.41, 5.74) is 0.577. The molecule has 0 aliphatic heterocycles. The summed E-state index contributed by atoms with van der Waals surface area (Å²) >= 11 is 5.80. The van der Waals surface area contributed by atoms with Crippen molar-refractivity contribution in [3.05, 3.63) is 17.3 Å². The molecule has 1 aromatic carbocycles. The van der Waals surface area contributed by atoms with Crippen LogP contribution in [0, 0.1) is 0 Å². The number of halogens is 1. The van der Waals surface area contributed by atoms with E-state index in [1.807, 2.05) is 0 Å². The highest BCUT2D eigenvalue weighted by Crippen LogP contribution is 2.34. The molecule has 0 spiro atoms. The normalized spacial score (nSPS) is 10.5. The Hall–Kier alpha value is -1.42. The van der Waals surface area contributed by atoms with Gasteiger partial charge in [0, 0.05) is 6.07 Å². The van der Waals surface area contributed by atoms with Crippen LogP contribution in [-0.4, -0.2) is 19.4 Å². The first-order valence-electron chi connectivity index (χ1n) is 3.93. The Labute approximate surface area is 85.3 Å². The number of ether oxygens (including phenoxy) is 2. The van der Waals surface area contributed by atoms with Gasteiger partial charge in [0.25, 0.3) is 0 Å². The van der Waals surface area contributed by atoms with Crippen LogP contribution >= 0.6 is 11.6 Å². The van der Waals surface area contributed by atoms with Crippen molar-refractivity contribution < 1.29 is 14.0 Å². The maximum absolute atomic E-state index is 5.80. The largest absolute Gasteiger partial charge is 0.493 e. The molecule has 0 fully saturated rings. The van der Waals surface area contributed by atoms with Crippen LogP contribution in [0.15, 0.2) is 16.7 Å². The smallest absolute Gasteiger partial charge is 0.180 e. The molecule has 0 aliphatic carbocycles. The molecule has 4 nitrogen and oxygen atoms in total. The molecule has 1 heterocycles. The number of benzene rings is 1. The average molecular weight is 214 g/mol. The number of hydrogen-bond donors (Lipinski definition) is 0. The van der Waals surface area contributed by atoms with Crippen molar-refractivity contribution in [2.75, 3.05) is 14.2 Å². The topological polar surface area (TPSA) is 44.5 Å². The number of nitrogens with zero attached hydrogens (tertiary/aromatic N) is 1. The number of aromatic nitrogens is 1. The molecule has 0 unspecified atom stereocenters. The van der Waals surface area contributed by atoms with Gasteiger partial charge < -0.3 is 14.0 Å². The molecule has 0 radical (unpaired) electrons. The first kappa shape index (κ1) is 9.15. The Morgan fingerprint density at radius 3 is 2.50 bits per heavy atom. The summed E-state index contributed by atoms with van der Waals surface area (Å²) in [6.45, 7) is 0. The summed E-state index contributed by atoms with van der Waals surface area (Å²) in [7, 11) is 3.12. The van der Waals surface area contributed by atoms with Gasteiger partial charge in [0.1, 0.15) is 0 Å². The van der Waals surface area contributed by atoms with Crippen LogP contribution in [0.1, 0.15) is 0 Å². The summed E-state index contributed by atoms with van der Waals surface area (Å²) in [5.74, 6) is 1.19. The Kier molecular flexibility index (Phi) is 2.21. The van der Waals surface area contributed by atoms with E-state index in [1.54, 1.807) is 26.4 Å². The molecule has 0 aliphatic rings. The highest BCUT2D eigenvalue weighted by atomic mass is 35.5. The lowest BCUT2D eigenvalue weighted by Crippen LogP contribution is -1.89. The van der Waals surface area contributed by atoms with Gasteiger partial charge in [-0.05, 0) is 6.07 Å². The maximum atomic E-state index is 5.80. The number of rotatable bonds is 2. The Bertz CT molecular complexity index is 466. The van der Waals surface area contributed by atoms with Crippen LogP contribution in [0.25, 0.3) is 11.0 Å². The zero-order valence-corrected chi connectivity index (χ0v) is 8.46. The molecule has 0 saturated heterocycles. The van der Waals surface area contributed by atoms with Gasteiger partial charge in [0.2, 0.25) is 0 Å². The van der Waals surface area contributed by atoms with Crippen LogP contribution in [0.4, 0.5) is 0 Å². The summed E-state index contributed by atoms with van der Waals surface area (Å²) in [6, 6.07) is 3.42. The molecular formula is C9H8ClNO3. The van der Waals surface area contributed by atoms with Gasteiger partial charge in [-0.2, -0.15) is 0 Å². The molecule has 74 valence electrons. The van der Waals surface area contributed by atoms with Crippen LogP contribution in [0.5, 0.6) is 11.5 Å². The van der Waals surface area contributed by atoms with Crippen LogP contribution in [-0.2, 0) is 0 Å². The van der Waals surface area contributed by atoms with Crippen molar-refractivity contribution in [1.82, 2.24) is 5.16 Å². The Balaban J connectivity index is 2.71. The third-order valence-electron chi connectivity index (χ3n) is 1.93. The lowest BCUT2D eigenvalue weighted by molar-refractivity contribution is 0.354. The minimum Gasteiger partial charge on any atom is -0.493 e. The van der Waals surface area contributed by atoms with Crippen molar-refractivity contribution in [3.63, 3.8) is 0 Å². The van der Waals surface area contributed by atoms with Gasteiger partial charge in [0.05, 0.1) is 19.6 Å². The highest BCUT2D eigenvalue weighted by Gasteiger charge is 2.11. The standard InChI is InChI=1S/C9H8ClNO3/c1-12-7-3-5-6(4-8(7)13-2)14-11-9(5)10/h3-4H,1-2H3. The quantitative estimate of drug-likeness (QED) is 0.769. The van der Waals surface area contributed by atoms with Gasteiger partial charge in [-0.25, -0.2) is 0 Å². The second kappa shape index (κ2) is 3.38. The van der Waals surface area contributed by atoms with Gasteiger partial charge in [-0.1, -0.05) is 16.8 Å². The van der Waals surface area contributed by atoms with Crippen molar-refractivity contribution >= 4 is 22.6 Å². The minimum absolute atomic E-state index is 0.320. The first-order valence-corrected chi connectivity index (χ1v) is 4.31. The van der Waals surface area contributed by atoms with Gasteiger partial charge >= 0.3 is 0 Å². The molecule has 0 saturated carbocycles. The van der Waals surface area contributed by atoms with E-state index in [0.717, 1.165) is 0 Å². The maximum Gasteiger partial charge on any atom is 0.180 e. The summed E-state index contributed by atoms with van der Waals surface area (Å²) in [6.07, 6.45) is 0. The fraction of sp³-hybridized carbons (Fsp3) is 0.222. The average Bonchev–Trinajstić information content (AvgIpc) is 2.58. The third kappa shape index (κ3) is 1.28. The minimum atomic E-state index is 0.320. The first-order chi connectivity index (χ1) is 6.76. The van der Waals surface area contributed by atoms with Crippen molar-refractivity contribution in [3.8, 4) is 11.5 Å². The molecule has 2 rings (SSSR count). The monoisotopic (exact) mass is 213 g/mol. The molecular weight excluding hydrogens is 206 g/mol. The van der Waals surface area contributed by atoms with Crippen LogP contribution in [0.2, 0.25) is 5.15 Å². The Morgan fingerprint density at radius 1 is 1.21 bits per heavy atom. The second-order valence-corrected chi connectivity index (χ2v) is 3.03. The summed E-state index contributed by atoms with van der Waals surface area (Å²) in [4.78, 5) is 0. The number of hydrogen-bond acceptors (Lipinski definition) is 4. The van der Waals surface area contributed by atoms with Crippen molar-refractivity contribution in [2.24, 2.45) is 0 Å². The number of methoxy groups -OCH3 is 2. The van der Waals surface area contributed by atoms with Crippen LogP contribution in [0.3, 0.4) is 0 Å². The van der Waals surface area contributed by atoms with E-state index in [1.165, 1.54) is 0 Å². The number of fused-ring (bicyclic) bond motifs is 1. The highest BCUT2D eigenvalue weighted by molar-refractivity contribution is 6.34. The molecule has 0 amide bonds. The van der Waals surface area contributed by atoms with E-state index >= 15 is 0 Å². The van der Waals surface area contributed by atoms with Gasteiger partial charge in [-0.3, -0.25) is 0 Å². The molecule has 1 aromatic heterocycles. The molecule has 14 heavy (non-hydrogen) atoms. The molecule has 0 N–H and O–H groups in total. The predicted molar refractivity (Wildman–Crippen MR) is 52.1 cm³/mol. The van der Waals surface area contributed by atoms with Gasteiger partial charge in [-0.15, -0.1) is 0 Å². The van der Waals surface area contributed by atoms with E-state index in [9.17, 15) is 0 Å². The van der Waals surface area contributed by atoms with E-state index in [4.69, 9.17) is 25.6 Å². The molecule has 0 atom stereocenters. The van der Waals surface area contributed by atoms with E-state index < -0.39 is 0 Å². The molecule has 2 aromatic rings. The summed E-state index contributed by atoms with van der Waals surface area (Å²) < 4.78 is 15.2. The van der Waals surface area contributed by atoms with E-state index in [0.29, 0.717) is 27.6 Å². The second-order valence-electron chi connectivity index (χ2n) is 2.68. The fourth-order valence-corrected chi connectivity index (χ4v) is 1.42. The van der Waals surface area contributed by atoms with Gasteiger partial charge in [0.15, 0.2) is 22.2 Å². The molecule has 0 bridgehead atoms. The summed E-state index contributed by atoms with van der Waals surface area (Å²) in [5, 5.41) is 4.66. The van der Waals surface area contributed by atoms with E-state index in [2.05, 4.69) is 5.16 Å². The lowest BCUT2D eigenvalue weighted by Gasteiger charge is -2.05. The predicted octanol–water partition coefficient (Wildman–Crippen LogP) is 2.50. The lowest BCUT2D eigenvalue weighted by atomic mass is 10.2. The fourth-order valence-electron chi connectivity index (χ4n) is 1.24. The van der Waals surface area contributed by atoms with E-state index in [-0.39, 0.29) is 0 Å². The zero-order chi connectivity index (χ0) is 10.1. The third-order valence-corrected chi connectivity index (χ3v) is 2.20. The molecule has 5 heteroatoms. The van der Waals surface area contributed by atoms with Crippen LogP contribution < -0.4 is 9.47 Å². The Morgan fingerprint density at radius 2 is 1.86 bits per heavy atom. The zero-order valence-electron chi connectivity index (χ0n) is 7.70.